The van der Waals surface area contributed by atoms with E-state index in [0.717, 1.165) is 59.5 Å². The number of benzene rings is 3. The summed E-state index contributed by atoms with van der Waals surface area (Å²) in [4.78, 5) is 31.4. The monoisotopic (exact) mass is 466 g/mol. The van der Waals surface area contributed by atoms with Crippen molar-refractivity contribution >= 4 is 33.8 Å². The maximum absolute atomic E-state index is 13.4. The lowest BCUT2D eigenvalue weighted by atomic mass is 10.0. The molecule has 1 aromatic heterocycles. The highest BCUT2D eigenvalue weighted by molar-refractivity contribution is 6.47. The molecule has 2 heterocycles. The van der Waals surface area contributed by atoms with E-state index in [1.54, 1.807) is 4.57 Å². The molecule has 1 saturated heterocycles. The Bertz CT molecular complexity index is 1400. The summed E-state index contributed by atoms with van der Waals surface area (Å²) < 4.78 is 1.79. The van der Waals surface area contributed by atoms with Gasteiger partial charge in [-0.3, -0.25) is 9.59 Å². The quantitative estimate of drug-likeness (QED) is 0.341. The van der Waals surface area contributed by atoms with Gasteiger partial charge >= 0.3 is 0 Å². The maximum atomic E-state index is 13.4. The maximum Gasteiger partial charge on any atom is 0.298 e. The SMILES string of the molecule is Cc1cc(-c2ccccc2)c(C(=O)C(=O)Nc2cccc3c(N4CCN(C)CC4)cccc23)n1C. The summed E-state index contributed by atoms with van der Waals surface area (Å²) in [6, 6.07) is 23.7. The van der Waals surface area contributed by atoms with Gasteiger partial charge in [0.1, 0.15) is 5.69 Å². The molecule has 1 aliphatic rings. The standard InChI is InChI=1S/C29H30N4O2/c1-20-19-24(21-9-5-4-6-10-21)27(32(20)3)28(34)29(35)30-25-13-7-12-23-22(25)11-8-14-26(23)33-17-15-31(2)16-18-33/h4-14,19H,15-18H2,1-3H3,(H,30,35). The van der Waals surface area contributed by atoms with Crippen LogP contribution in [0.3, 0.4) is 0 Å². The molecule has 178 valence electrons. The lowest BCUT2D eigenvalue weighted by Gasteiger charge is -2.34. The Hall–Kier alpha value is -3.90. The molecule has 35 heavy (non-hydrogen) atoms. The van der Waals surface area contributed by atoms with E-state index in [9.17, 15) is 9.59 Å². The van der Waals surface area contributed by atoms with E-state index >= 15 is 0 Å². The molecule has 0 aliphatic carbocycles. The molecule has 0 saturated carbocycles. The molecule has 4 aromatic rings. The van der Waals surface area contributed by atoms with Crippen molar-refractivity contribution in [2.45, 2.75) is 6.92 Å². The molecular formula is C29H30N4O2. The second-order valence-corrected chi connectivity index (χ2v) is 9.22. The lowest BCUT2D eigenvalue weighted by Crippen LogP contribution is -2.44. The van der Waals surface area contributed by atoms with Gasteiger partial charge in [0, 0.05) is 66.6 Å². The number of nitrogens with one attached hydrogen (secondary N) is 1. The minimum atomic E-state index is -0.638. The smallest absolute Gasteiger partial charge is 0.298 e. The number of anilines is 2. The Balaban J connectivity index is 1.46. The molecule has 0 unspecified atom stereocenters. The fraction of sp³-hybridized carbons (Fsp3) is 0.241. The van der Waals surface area contributed by atoms with Gasteiger partial charge in [-0.15, -0.1) is 0 Å². The normalized spacial score (nSPS) is 14.3. The first-order chi connectivity index (χ1) is 16.9. The Morgan fingerprint density at radius 1 is 0.800 bits per heavy atom. The summed E-state index contributed by atoms with van der Waals surface area (Å²) in [5, 5.41) is 4.91. The third-order valence-corrected chi connectivity index (χ3v) is 6.97. The summed E-state index contributed by atoms with van der Waals surface area (Å²) >= 11 is 0. The molecule has 0 spiro atoms. The van der Waals surface area contributed by atoms with Crippen molar-refractivity contribution in [1.29, 1.82) is 0 Å². The highest BCUT2D eigenvalue weighted by Gasteiger charge is 2.26. The number of nitrogens with zero attached hydrogens (tertiary/aromatic N) is 3. The molecule has 1 amide bonds. The number of hydrogen-bond donors (Lipinski definition) is 1. The highest BCUT2D eigenvalue weighted by Crippen LogP contribution is 2.33. The van der Waals surface area contributed by atoms with Gasteiger partial charge in [-0.05, 0) is 37.7 Å². The van der Waals surface area contributed by atoms with Crippen LogP contribution in [0.5, 0.6) is 0 Å². The number of hydrogen-bond acceptors (Lipinski definition) is 4. The van der Waals surface area contributed by atoms with E-state index in [1.165, 1.54) is 0 Å². The largest absolute Gasteiger partial charge is 0.368 e. The van der Waals surface area contributed by atoms with E-state index in [4.69, 9.17) is 0 Å². The van der Waals surface area contributed by atoms with Crippen LogP contribution in [0.1, 0.15) is 16.2 Å². The summed E-state index contributed by atoms with van der Waals surface area (Å²) in [6.45, 7) is 5.88. The van der Waals surface area contributed by atoms with Gasteiger partial charge in [-0.1, -0.05) is 54.6 Å². The van der Waals surface area contributed by atoms with Crippen molar-refractivity contribution in [3.8, 4) is 11.1 Å². The van der Waals surface area contributed by atoms with Crippen LogP contribution >= 0.6 is 0 Å². The first kappa shape index (κ1) is 22.9. The fourth-order valence-corrected chi connectivity index (χ4v) is 4.86. The van der Waals surface area contributed by atoms with Crippen molar-refractivity contribution in [2.24, 2.45) is 7.05 Å². The summed E-state index contributed by atoms with van der Waals surface area (Å²) in [6.07, 6.45) is 0. The van der Waals surface area contributed by atoms with Crippen molar-refractivity contribution < 1.29 is 9.59 Å². The zero-order valence-electron chi connectivity index (χ0n) is 20.4. The zero-order chi connectivity index (χ0) is 24.5. The number of carbonyl (C=O) groups excluding carboxylic acids is 2. The first-order valence-corrected chi connectivity index (χ1v) is 12.0. The number of likely N-dealkylation sites (N-methyl/N-ethyl adjacent to an activating group) is 1. The molecule has 3 aromatic carbocycles. The van der Waals surface area contributed by atoms with Crippen LogP contribution in [-0.2, 0) is 11.8 Å². The number of fused-ring (bicyclic) bond motifs is 1. The number of amides is 1. The van der Waals surface area contributed by atoms with Crippen LogP contribution in [0.2, 0.25) is 0 Å². The van der Waals surface area contributed by atoms with Crippen molar-refractivity contribution in [3.63, 3.8) is 0 Å². The van der Waals surface area contributed by atoms with Crippen molar-refractivity contribution in [3.05, 3.63) is 84.2 Å². The van der Waals surface area contributed by atoms with Crippen LogP contribution in [0.25, 0.3) is 21.9 Å². The number of aromatic nitrogens is 1. The van der Waals surface area contributed by atoms with E-state index in [-0.39, 0.29) is 0 Å². The Morgan fingerprint density at radius 2 is 1.49 bits per heavy atom. The van der Waals surface area contributed by atoms with Crippen LogP contribution < -0.4 is 10.2 Å². The van der Waals surface area contributed by atoms with Crippen LogP contribution in [0, 0.1) is 6.92 Å². The minimum absolute atomic E-state index is 0.393. The number of carbonyl (C=O) groups is 2. The predicted molar refractivity (Wildman–Crippen MR) is 142 cm³/mol. The van der Waals surface area contributed by atoms with Gasteiger partial charge in [0.05, 0.1) is 0 Å². The van der Waals surface area contributed by atoms with Crippen molar-refractivity contribution in [2.75, 3.05) is 43.4 Å². The van der Waals surface area contributed by atoms with Gasteiger partial charge in [0.2, 0.25) is 0 Å². The summed E-state index contributed by atoms with van der Waals surface area (Å²) in [5.74, 6) is -1.19. The molecule has 1 N–H and O–H groups in total. The van der Waals surface area contributed by atoms with E-state index < -0.39 is 11.7 Å². The molecule has 0 bridgehead atoms. The molecule has 0 atom stereocenters. The van der Waals surface area contributed by atoms with Gasteiger partial charge in [0.25, 0.3) is 11.7 Å². The van der Waals surface area contributed by atoms with Crippen LogP contribution in [0.15, 0.2) is 72.8 Å². The molecule has 1 aliphatic heterocycles. The zero-order valence-corrected chi connectivity index (χ0v) is 20.4. The van der Waals surface area contributed by atoms with Gasteiger partial charge < -0.3 is 19.7 Å². The number of rotatable bonds is 5. The van der Waals surface area contributed by atoms with Crippen LogP contribution in [-0.4, -0.2) is 54.4 Å². The fourth-order valence-electron chi connectivity index (χ4n) is 4.86. The Kier molecular flexibility index (Phi) is 6.14. The Morgan fingerprint density at radius 3 is 2.23 bits per heavy atom. The molecular weight excluding hydrogens is 436 g/mol. The highest BCUT2D eigenvalue weighted by atomic mass is 16.2. The second kappa shape index (κ2) is 9.39. The van der Waals surface area contributed by atoms with Crippen LogP contribution in [0.4, 0.5) is 11.4 Å². The van der Waals surface area contributed by atoms with Crippen molar-refractivity contribution in [1.82, 2.24) is 9.47 Å². The minimum Gasteiger partial charge on any atom is -0.368 e. The molecule has 6 nitrogen and oxygen atoms in total. The number of Topliss-reactive ketones (excluding diaryl/α,β-unsaturated/α-hetero) is 1. The first-order valence-electron chi connectivity index (χ1n) is 12.0. The number of piperazine rings is 1. The lowest BCUT2D eigenvalue weighted by molar-refractivity contribution is -0.112. The van der Waals surface area contributed by atoms with E-state index in [0.29, 0.717) is 11.4 Å². The van der Waals surface area contributed by atoms with Gasteiger partial charge in [-0.25, -0.2) is 0 Å². The van der Waals surface area contributed by atoms with Gasteiger partial charge in [-0.2, -0.15) is 0 Å². The average Bonchev–Trinajstić information content (AvgIpc) is 3.18. The Labute approximate surface area is 205 Å². The topological polar surface area (TPSA) is 57.6 Å². The van der Waals surface area contributed by atoms with E-state index in [1.807, 2.05) is 74.6 Å². The molecule has 1 fully saturated rings. The summed E-state index contributed by atoms with van der Waals surface area (Å²) in [7, 11) is 3.96. The third-order valence-electron chi connectivity index (χ3n) is 6.97. The molecule has 5 rings (SSSR count). The molecule has 0 radical (unpaired) electrons. The summed E-state index contributed by atoms with van der Waals surface area (Å²) in [5.41, 5.74) is 4.79. The predicted octanol–water partition coefficient (Wildman–Crippen LogP) is 4.73. The third kappa shape index (κ3) is 4.33. The molecule has 6 heteroatoms. The van der Waals surface area contributed by atoms with E-state index in [2.05, 4.69) is 34.3 Å². The van der Waals surface area contributed by atoms with Gasteiger partial charge in [0.15, 0.2) is 0 Å². The second-order valence-electron chi connectivity index (χ2n) is 9.22. The number of aryl methyl sites for hydroxylation is 1. The average molecular weight is 467 g/mol. The number of ketones is 1.